The Kier molecular flexibility index (Phi) is 4.99. The third-order valence-electron chi connectivity index (χ3n) is 0.504. The SMILES string of the molecule is [2H]C([2H])(N)CCS(=O)(=O)O.[NaH]. The van der Waals surface area contributed by atoms with Gasteiger partial charge >= 0.3 is 29.6 Å². The third-order valence-corrected chi connectivity index (χ3v) is 1.22. The molecule has 0 unspecified atom stereocenters. The van der Waals surface area contributed by atoms with Gasteiger partial charge < -0.3 is 5.73 Å². The van der Waals surface area contributed by atoms with Gasteiger partial charge in [0, 0.05) is 2.74 Å². The standard InChI is InChI=1S/C3H9NO3S.Na.H/c4-2-1-3-8(5,6)7;;/h1-4H2,(H,5,6,7);;/i2D2;;. The summed E-state index contributed by atoms with van der Waals surface area (Å²) in [6, 6.07) is 0. The van der Waals surface area contributed by atoms with Crippen LogP contribution in [-0.2, 0) is 10.1 Å². The fourth-order valence-corrected chi connectivity index (χ4v) is 0.564. The van der Waals surface area contributed by atoms with Crippen LogP contribution in [0.15, 0.2) is 0 Å². The van der Waals surface area contributed by atoms with E-state index in [1.807, 2.05) is 0 Å². The molecular weight excluding hydrogens is 153 g/mol. The second kappa shape index (κ2) is 5.64. The van der Waals surface area contributed by atoms with Crippen LogP contribution in [0.1, 0.15) is 9.16 Å². The molecule has 0 radical (unpaired) electrons. The van der Waals surface area contributed by atoms with Gasteiger partial charge in [-0.05, 0) is 12.9 Å². The van der Waals surface area contributed by atoms with Gasteiger partial charge in [0.2, 0.25) is 0 Å². The number of hydrogen-bond donors (Lipinski definition) is 2. The monoisotopic (exact) mass is 165 g/mol. The van der Waals surface area contributed by atoms with Gasteiger partial charge in [-0.2, -0.15) is 8.42 Å². The Labute approximate surface area is 79.7 Å². The fraction of sp³-hybridized carbons (Fsp3) is 1.00. The van der Waals surface area contributed by atoms with E-state index in [2.05, 4.69) is 0 Å². The van der Waals surface area contributed by atoms with Crippen molar-refractivity contribution in [2.45, 2.75) is 6.42 Å². The van der Waals surface area contributed by atoms with Gasteiger partial charge in [-0.1, -0.05) is 0 Å². The van der Waals surface area contributed by atoms with Crippen LogP contribution >= 0.6 is 0 Å². The molecule has 4 nitrogen and oxygen atoms in total. The van der Waals surface area contributed by atoms with Crippen molar-refractivity contribution >= 4 is 39.7 Å². The minimum atomic E-state index is -4.08. The Bertz CT molecular complexity index is 199. The molecule has 0 saturated heterocycles. The summed E-state index contributed by atoms with van der Waals surface area (Å²) >= 11 is 0. The molecule has 0 aromatic rings. The van der Waals surface area contributed by atoms with E-state index in [-0.39, 0.29) is 29.6 Å². The average Bonchev–Trinajstić information content (AvgIpc) is 1.57. The summed E-state index contributed by atoms with van der Waals surface area (Å²) in [6.45, 7) is -2.03. The van der Waals surface area contributed by atoms with E-state index in [1.54, 1.807) is 0 Å². The molecule has 0 aromatic carbocycles. The van der Waals surface area contributed by atoms with Crippen molar-refractivity contribution < 1.29 is 15.7 Å². The first-order valence-electron chi connectivity index (χ1n) is 2.95. The molecule has 0 spiro atoms. The molecular formula is C3H10NNaO3S. The third kappa shape index (κ3) is 12.1. The Morgan fingerprint density at radius 1 is 1.67 bits per heavy atom. The maximum absolute atomic E-state index is 10.0. The summed E-state index contributed by atoms with van der Waals surface area (Å²) in [4.78, 5) is 0. The number of nitrogens with two attached hydrogens (primary N) is 1. The van der Waals surface area contributed by atoms with E-state index in [1.165, 1.54) is 0 Å². The van der Waals surface area contributed by atoms with Gasteiger partial charge in [-0.25, -0.2) is 0 Å². The summed E-state index contributed by atoms with van der Waals surface area (Å²) in [5.74, 6) is -0.642. The van der Waals surface area contributed by atoms with Gasteiger partial charge in [0.25, 0.3) is 10.1 Å². The van der Waals surface area contributed by atoms with E-state index in [0.29, 0.717) is 0 Å². The van der Waals surface area contributed by atoms with Gasteiger partial charge in [-0.3, -0.25) is 4.55 Å². The average molecular weight is 165 g/mol. The zero-order valence-corrected chi connectivity index (χ0v) is 4.98. The summed E-state index contributed by atoms with van der Waals surface area (Å²) in [5, 5.41) is 0. The molecule has 52 valence electrons. The van der Waals surface area contributed by atoms with Crippen LogP contribution in [-0.4, -0.2) is 54.8 Å². The van der Waals surface area contributed by atoms with E-state index in [4.69, 9.17) is 13.0 Å². The predicted molar refractivity (Wildman–Crippen MR) is 37.2 cm³/mol. The van der Waals surface area contributed by atoms with Crippen molar-refractivity contribution in [3.05, 3.63) is 0 Å². The predicted octanol–water partition coefficient (Wildman–Crippen LogP) is -1.43. The molecule has 0 aliphatic heterocycles. The number of hydrogen-bond acceptors (Lipinski definition) is 3. The van der Waals surface area contributed by atoms with E-state index in [0.717, 1.165) is 0 Å². The van der Waals surface area contributed by atoms with Gasteiger partial charge in [-0.15, -0.1) is 0 Å². The molecule has 3 N–H and O–H groups in total. The van der Waals surface area contributed by atoms with Crippen molar-refractivity contribution in [1.82, 2.24) is 0 Å². The molecule has 0 aliphatic carbocycles. The van der Waals surface area contributed by atoms with Gasteiger partial charge in [0.15, 0.2) is 0 Å². The Hall–Kier alpha value is 0.870. The van der Waals surface area contributed by atoms with Gasteiger partial charge in [0.1, 0.15) is 0 Å². The molecule has 9 heavy (non-hydrogen) atoms. The normalized spacial score (nSPS) is 15.3. The van der Waals surface area contributed by atoms with Crippen LogP contribution in [0.3, 0.4) is 0 Å². The van der Waals surface area contributed by atoms with Crippen molar-refractivity contribution in [1.29, 1.82) is 0 Å². The second-order valence-corrected chi connectivity index (χ2v) is 2.81. The van der Waals surface area contributed by atoms with Crippen LogP contribution in [0.4, 0.5) is 0 Å². The van der Waals surface area contributed by atoms with Crippen LogP contribution in [0.5, 0.6) is 0 Å². The quantitative estimate of drug-likeness (QED) is 0.397. The molecule has 6 heteroatoms. The molecule has 0 saturated carbocycles. The Morgan fingerprint density at radius 2 is 2.11 bits per heavy atom. The molecule has 0 atom stereocenters. The van der Waals surface area contributed by atoms with Crippen LogP contribution < -0.4 is 5.73 Å². The first-order chi connectivity index (χ1) is 4.21. The summed E-state index contributed by atoms with van der Waals surface area (Å²) in [6.07, 6.45) is -0.397. The zero-order valence-electron chi connectivity index (χ0n) is 6.16. The first-order valence-corrected chi connectivity index (χ1v) is 3.56. The topological polar surface area (TPSA) is 80.4 Å². The molecule has 0 amide bonds. The Morgan fingerprint density at radius 3 is 2.22 bits per heavy atom. The maximum atomic E-state index is 10.0. The first kappa shape index (κ1) is 7.97. The second-order valence-electron chi connectivity index (χ2n) is 1.24. The fourth-order valence-electron chi connectivity index (χ4n) is 0.188. The number of rotatable bonds is 3. The zero-order chi connectivity index (χ0) is 8.41. The van der Waals surface area contributed by atoms with Crippen LogP contribution in [0.2, 0.25) is 0 Å². The van der Waals surface area contributed by atoms with Crippen molar-refractivity contribution in [3.63, 3.8) is 0 Å². The van der Waals surface area contributed by atoms with Gasteiger partial charge in [0.05, 0.1) is 5.75 Å². The summed E-state index contributed by atoms with van der Waals surface area (Å²) < 4.78 is 41.5. The van der Waals surface area contributed by atoms with Crippen molar-refractivity contribution in [3.8, 4) is 0 Å². The summed E-state index contributed by atoms with van der Waals surface area (Å²) in [5.41, 5.74) is 4.80. The van der Waals surface area contributed by atoms with E-state index < -0.39 is 28.8 Å². The Balaban J connectivity index is 0. The van der Waals surface area contributed by atoms with Crippen molar-refractivity contribution in [2.75, 3.05) is 12.2 Å². The molecule has 0 bridgehead atoms. The molecule has 0 heterocycles. The summed E-state index contributed by atoms with van der Waals surface area (Å²) in [7, 11) is -4.08. The van der Waals surface area contributed by atoms with Crippen molar-refractivity contribution in [2.24, 2.45) is 5.73 Å². The van der Waals surface area contributed by atoms with E-state index in [9.17, 15) is 8.42 Å². The minimum absolute atomic E-state index is 0. The molecule has 0 aliphatic rings. The molecule has 0 fully saturated rings. The molecule has 0 aromatic heterocycles. The van der Waals surface area contributed by atoms with E-state index >= 15 is 0 Å². The van der Waals surface area contributed by atoms with Crippen LogP contribution in [0, 0.1) is 0 Å². The molecule has 0 rings (SSSR count). The van der Waals surface area contributed by atoms with Crippen LogP contribution in [0.25, 0.3) is 0 Å².